The number of nitrogens with zero attached hydrogens (tertiary/aromatic N) is 2. The van der Waals surface area contributed by atoms with Gasteiger partial charge in [0.15, 0.2) is 0 Å². The van der Waals surface area contributed by atoms with Crippen LogP contribution in [-0.2, 0) is 0 Å². The molecule has 1 fully saturated rings. The largest absolute Gasteiger partial charge is 0.309 e. The van der Waals surface area contributed by atoms with E-state index in [1.54, 1.807) is 17.1 Å². The van der Waals surface area contributed by atoms with Crippen molar-refractivity contribution in [3.63, 3.8) is 0 Å². The molecule has 2 heterocycles. The van der Waals surface area contributed by atoms with E-state index in [4.69, 9.17) is 0 Å². The Morgan fingerprint density at radius 1 is 1.22 bits per heavy atom. The molecule has 3 nitrogen and oxygen atoms in total. The van der Waals surface area contributed by atoms with Crippen molar-refractivity contribution < 1.29 is 8.78 Å². The summed E-state index contributed by atoms with van der Waals surface area (Å²) < 4.78 is 28.2. The van der Waals surface area contributed by atoms with Crippen molar-refractivity contribution in [1.82, 2.24) is 14.9 Å². The predicted octanol–water partition coefficient (Wildman–Crippen LogP) is 2.58. The molecule has 0 spiro atoms. The van der Waals surface area contributed by atoms with Gasteiger partial charge in [-0.05, 0) is 31.5 Å². The summed E-state index contributed by atoms with van der Waals surface area (Å²) in [6, 6.07) is 3.69. The van der Waals surface area contributed by atoms with Crippen LogP contribution in [0.15, 0.2) is 30.7 Å². The molecule has 5 heteroatoms. The van der Waals surface area contributed by atoms with Crippen LogP contribution in [0.1, 0.15) is 24.6 Å². The molecule has 2 aromatic rings. The first-order valence-corrected chi connectivity index (χ1v) is 5.96. The highest BCUT2D eigenvalue weighted by Gasteiger charge is 2.20. The quantitative estimate of drug-likeness (QED) is 0.886. The summed E-state index contributed by atoms with van der Waals surface area (Å²) in [5, 5.41) is 3.35. The highest BCUT2D eigenvalue weighted by atomic mass is 19.1. The summed E-state index contributed by atoms with van der Waals surface area (Å²) >= 11 is 0. The normalized spacial score (nSPS) is 19.3. The standard InChI is InChI=1S/C13H13F2N3/c14-9-4-10(15)6-11(5-9)18-8-16-7-13(18)12-2-1-3-17-12/h4-8,12,17H,1-3H2. The number of aromatic nitrogens is 2. The molecule has 1 aromatic heterocycles. The van der Waals surface area contributed by atoms with Gasteiger partial charge in [0.2, 0.25) is 0 Å². The third-order valence-electron chi connectivity index (χ3n) is 3.21. The van der Waals surface area contributed by atoms with Crippen LogP contribution < -0.4 is 5.32 Å². The second kappa shape index (κ2) is 4.49. The second-order valence-corrected chi connectivity index (χ2v) is 4.47. The fraction of sp³-hybridized carbons (Fsp3) is 0.308. The number of rotatable bonds is 2. The minimum Gasteiger partial charge on any atom is -0.309 e. The Kier molecular flexibility index (Phi) is 2.83. The zero-order valence-corrected chi connectivity index (χ0v) is 9.74. The first-order chi connectivity index (χ1) is 8.74. The molecule has 0 radical (unpaired) electrons. The van der Waals surface area contributed by atoms with Crippen LogP contribution in [0.4, 0.5) is 8.78 Å². The minimum absolute atomic E-state index is 0.207. The van der Waals surface area contributed by atoms with Crippen LogP contribution in [0.25, 0.3) is 5.69 Å². The zero-order chi connectivity index (χ0) is 12.5. The number of nitrogens with one attached hydrogen (secondary N) is 1. The lowest BCUT2D eigenvalue weighted by molar-refractivity contribution is 0.577. The van der Waals surface area contributed by atoms with Gasteiger partial charge in [0.1, 0.15) is 11.6 Å². The summed E-state index contributed by atoms with van der Waals surface area (Å²) in [6.45, 7) is 0.966. The monoisotopic (exact) mass is 249 g/mol. The smallest absolute Gasteiger partial charge is 0.128 e. The van der Waals surface area contributed by atoms with Crippen molar-refractivity contribution in [3.8, 4) is 5.69 Å². The molecule has 0 bridgehead atoms. The molecule has 1 unspecified atom stereocenters. The summed E-state index contributed by atoms with van der Waals surface area (Å²) in [5.74, 6) is -1.16. The summed E-state index contributed by atoms with van der Waals surface area (Å²) in [5.41, 5.74) is 1.41. The molecule has 1 aliphatic rings. The van der Waals surface area contributed by atoms with Gasteiger partial charge < -0.3 is 9.88 Å². The third-order valence-corrected chi connectivity index (χ3v) is 3.21. The molecule has 94 valence electrons. The zero-order valence-electron chi connectivity index (χ0n) is 9.74. The Balaban J connectivity index is 2.03. The SMILES string of the molecule is Fc1cc(F)cc(-n2cncc2C2CCCN2)c1. The van der Waals surface area contributed by atoms with E-state index in [-0.39, 0.29) is 6.04 Å². The number of imidazole rings is 1. The van der Waals surface area contributed by atoms with Crippen LogP contribution in [0.5, 0.6) is 0 Å². The number of hydrogen-bond donors (Lipinski definition) is 1. The van der Waals surface area contributed by atoms with E-state index < -0.39 is 11.6 Å². The molecule has 0 amide bonds. The summed E-state index contributed by atoms with van der Waals surface area (Å²) in [6.07, 6.45) is 5.45. The van der Waals surface area contributed by atoms with Gasteiger partial charge in [-0.25, -0.2) is 13.8 Å². The average molecular weight is 249 g/mol. The van der Waals surface area contributed by atoms with Gasteiger partial charge in [-0.2, -0.15) is 0 Å². The van der Waals surface area contributed by atoms with Gasteiger partial charge in [-0.15, -0.1) is 0 Å². The first-order valence-electron chi connectivity index (χ1n) is 5.96. The minimum atomic E-state index is -0.580. The van der Waals surface area contributed by atoms with Crippen LogP contribution in [0.2, 0.25) is 0 Å². The van der Waals surface area contributed by atoms with Gasteiger partial charge in [-0.3, -0.25) is 0 Å². The Morgan fingerprint density at radius 2 is 2.00 bits per heavy atom. The van der Waals surface area contributed by atoms with Gasteiger partial charge >= 0.3 is 0 Å². The Hall–Kier alpha value is -1.75. The van der Waals surface area contributed by atoms with E-state index in [2.05, 4.69) is 10.3 Å². The maximum Gasteiger partial charge on any atom is 0.128 e. The molecule has 18 heavy (non-hydrogen) atoms. The van der Waals surface area contributed by atoms with E-state index in [1.165, 1.54) is 12.1 Å². The molecule has 1 aromatic carbocycles. The molecule has 3 rings (SSSR count). The Morgan fingerprint density at radius 3 is 2.67 bits per heavy atom. The number of halogens is 2. The number of benzene rings is 1. The van der Waals surface area contributed by atoms with E-state index in [0.29, 0.717) is 5.69 Å². The fourth-order valence-electron chi connectivity index (χ4n) is 2.39. The van der Waals surface area contributed by atoms with Crippen LogP contribution in [-0.4, -0.2) is 16.1 Å². The lowest BCUT2D eigenvalue weighted by atomic mass is 10.1. The lowest BCUT2D eigenvalue weighted by Gasteiger charge is -2.14. The maximum absolute atomic E-state index is 13.2. The Bertz CT molecular complexity index is 539. The van der Waals surface area contributed by atoms with E-state index >= 15 is 0 Å². The molecular weight excluding hydrogens is 236 g/mol. The topological polar surface area (TPSA) is 29.9 Å². The highest BCUT2D eigenvalue weighted by Crippen LogP contribution is 2.25. The fourth-order valence-corrected chi connectivity index (χ4v) is 2.39. The molecule has 1 atom stereocenters. The van der Waals surface area contributed by atoms with Crippen LogP contribution >= 0.6 is 0 Å². The lowest BCUT2D eigenvalue weighted by Crippen LogP contribution is -2.16. The van der Waals surface area contributed by atoms with E-state index in [9.17, 15) is 8.78 Å². The van der Waals surface area contributed by atoms with E-state index in [1.807, 2.05) is 0 Å². The van der Waals surface area contributed by atoms with Crippen LogP contribution in [0, 0.1) is 11.6 Å². The maximum atomic E-state index is 13.2. The van der Waals surface area contributed by atoms with Crippen molar-refractivity contribution in [3.05, 3.63) is 48.1 Å². The molecule has 0 aliphatic carbocycles. The van der Waals surface area contributed by atoms with Gasteiger partial charge in [0, 0.05) is 12.1 Å². The van der Waals surface area contributed by atoms with Gasteiger partial charge in [0.25, 0.3) is 0 Å². The molecule has 1 aliphatic heterocycles. The first kappa shape index (κ1) is 11.3. The molecule has 1 N–H and O–H groups in total. The highest BCUT2D eigenvalue weighted by molar-refractivity contribution is 5.35. The van der Waals surface area contributed by atoms with Crippen molar-refractivity contribution in [2.45, 2.75) is 18.9 Å². The summed E-state index contributed by atoms with van der Waals surface area (Å²) in [4.78, 5) is 4.08. The molecule has 1 saturated heterocycles. The van der Waals surface area contributed by atoms with Crippen LogP contribution in [0.3, 0.4) is 0 Å². The Labute approximate surface area is 103 Å². The predicted molar refractivity (Wildman–Crippen MR) is 63.5 cm³/mol. The molecule has 0 saturated carbocycles. The summed E-state index contributed by atoms with van der Waals surface area (Å²) in [7, 11) is 0. The second-order valence-electron chi connectivity index (χ2n) is 4.47. The van der Waals surface area contributed by atoms with E-state index in [0.717, 1.165) is 31.1 Å². The van der Waals surface area contributed by atoms with Crippen molar-refractivity contribution in [1.29, 1.82) is 0 Å². The molecular formula is C13H13F2N3. The van der Waals surface area contributed by atoms with Crippen molar-refractivity contribution in [2.75, 3.05) is 6.54 Å². The third kappa shape index (κ3) is 2.01. The van der Waals surface area contributed by atoms with Crippen molar-refractivity contribution in [2.24, 2.45) is 0 Å². The van der Waals surface area contributed by atoms with Gasteiger partial charge in [-0.1, -0.05) is 0 Å². The van der Waals surface area contributed by atoms with Gasteiger partial charge in [0.05, 0.1) is 23.9 Å². The average Bonchev–Trinajstić information content (AvgIpc) is 2.98. The number of hydrogen-bond acceptors (Lipinski definition) is 2. The van der Waals surface area contributed by atoms with Crippen molar-refractivity contribution >= 4 is 0 Å².